The highest BCUT2D eigenvalue weighted by molar-refractivity contribution is 5.98. The fourth-order valence-corrected chi connectivity index (χ4v) is 2.26. The first kappa shape index (κ1) is 13.7. The molecule has 2 heterocycles. The van der Waals surface area contributed by atoms with Gasteiger partial charge in [0, 0.05) is 12.3 Å². The van der Waals surface area contributed by atoms with Crippen LogP contribution in [0, 0.1) is 0 Å². The summed E-state index contributed by atoms with van der Waals surface area (Å²) in [5.74, 6) is -0.210. The van der Waals surface area contributed by atoms with Crippen molar-refractivity contribution in [3.05, 3.63) is 42.5 Å². The Balaban J connectivity index is 1.69. The molecule has 1 unspecified atom stereocenters. The lowest BCUT2D eigenvalue weighted by atomic mass is 9.99. The van der Waals surface area contributed by atoms with Gasteiger partial charge in [-0.3, -0.25) is 4.79 Å². The molecule has 0 saturated carbocycles. The van der Waals surface area contributed by atoms with E-state index in [1.807, 2.05) is 24.3 Å². The number of hydrogen-bond donors (Lipinski definition) is 2. The average Bonchev–Trinajstić information content (AvgIpc) is 3.12. The molecule has 3 rings (SSSR count). The molecule has 0 aliphatic carbocycles. The summed E-state index contributed by atoms with van der Waals surface area (Å²) in [6.07, 6.45) is 3.68. The number of nitrogens with one attached hydrogen (secondary N) is 1. The lowest BCUT2D eigenvalue weighted by Gasteiger charge is -2.20. The Morgan fingerprint density at radius 1 is 1.52 bits per heavy atom. The van der Waals surface area contributed by atoms with E-state index in [1.165, 1.54) is 6.33 Å². The van der Waals surface area contributed by atoms with Gasteiger partial charge in [0.1, 0.15) is 18.2 Å². The number of aromatic nitrogens is 3. The molecule has 1 aromatic heterocycles. The fourth-order valence-electron chi connectivity index (χ4n) is 2.26. The van der Waals surface area contributed by atoms with E-state index in [9.17, 15) is 4.79 Å². The number of hydrogen-bond acceptors (Lipinski definition) is 5. The van der Waals surface area contributed by atoms with E-state index in [1.54, 1.807) is 11.0 Å². The standard InChI is InChI=1S/C14H17N5O2/c15-14(4-5-21-8-14)13(20)18-12-3-1-2-11(6-12)7-19-10-16-9-17-19/h1-3,6,9-10H,4-5,7-8,15H2,(H,18,20). The molecule has 1 aliphatic rings. The zero-order chi connectivity index (χ0) is 14.7. The minimum Gasteiger partial charge on any atom is -0.379 e. The molecule has 7 heteroatoms. The Bertz CT molecular complexity index is 620. The number of nitrogens with zero attached hydrogens (tertiary/aromatic N) is 3. The Morgan fingerprint density at radius 3 is 3.14 bits per heavy atom. The second kappa shape index (κ2) is 5.63. The lowest BCUT2D eigenvalue weighted by molar-refractivity contribution is -0.121. The van der Waals surface area contributed by atoms with E-state index in [2.05, 4.69) is 15.4 Å². The molecule has 2 aromatic rings. The number of carbonyl (C=O) groups excluding carboxylic acids is 1. The van der Waals surface area contributed by atoms with Gasteiger partial charge in [-0.05, 0) is 24.1 Å². The van der Waals surface area contributed by atoms with Crippen molar-refractivity contribution in [2.45, 2.75) is 18.5 Å². The molecule has 0 spiro atoms. The largest absolute Gasteiger partial charge is 0.379 e. The maximum Gasteiger partial charge on any atom is 0.246 e. The molecule has 1 fully saturated rings. The number of carbonyl (C=O) groups is 1. The molecule has 3 N–H and O–H groups in total. The van der Waals surface area contributed by atoms with Gasteiger partial charge in [-0.1, -0.05) is 12.1 Å². The van der Waals surface area contributed by atoms with Crippen LogP contribution in [0.4, 0.5) is 5.69 Å². The molecule has 1 aromatic carbocycles. The van der Waals surface area contributed by atoms with Gasteiger partial charge in [0.15, 0.2) is 0 Å². The van der Waals surface area contributed by atoms with Gasteiger partial charge >= 0.3 is 0 Å². The minimum absolute atomic E-state index is 0.210. The van der Waals surface area contributed by atoms with Gasteiger partial charge in [-0.15, -0.1) is 0 Å². The SMILES string of the molecule is NC1(C(=O)Nc2cccc(Cn3cncn3)c2)CCOC1. The van der Waals surface area contributed by atoms with E-state index in [4.69, 9.17) is 10.5 Å². The molecule has 7 nitrogen and oxygen atoms in total. The van der Waals surface area contributed by atoms with Crippen LogP contribution in [-0.2, 0) is 16.1 Å². The number of nitrogens with two attached hydrogens (primary N) is 1. The Morgan fingerprint density at radius 2 is 2.43 bits per heavy atom. The Kier molecular flexibility index (Phi) is 3.68. The van der Waals surface area contributed by atoms with Crippen LogP contribution < -0.4 is 11.1 Å². The summed E-state index contributed by atoms with van der Waals surface area (Å²) in [4.78, 5) is 16.1. The van der Waals surface area contributed by atoms with Crippen LogP contribution in [0.3, 0.4) is 0 Å². The van der Waals surface area contributed by atoms with E-state index >= 15 is 0 Å². The van der Waals surface area contributed by atoms with Crippen LogP contribution >= 0.6 is 0 Å². The molecule has 1 saturated heterocycles. The van der Waals surface area contributed by atoms with Crippen molar-refractivity contribution in [2.24, 2.45) is 5.73 Å². The molecule has 0 radical (unpaired) electrons. The first-order valence-electron chi connectivity index (χ1n) is 6.75. The van der Waals surface area contributed by atoms with Gasteiger partial charge in [-0.25, -0.2) is 9.67 Å². The van der Waals surface area contributed by atoms with Gasteiger partial charge in [0.05, 0.1) is 13.2 Å². The van der Waals surface area contributed by atoms with Crippen LogP contribution in [0.5, 0.6) is 0 Å². The van der Waals surface area contributed by atoms with Crippen molar-refractivity contribution in [1.82, 2.24) is 14.8 Å². The molecule has 110 valence electrons. The van der Waals surface area contributed by atoms with Crippen LogP contribution in [0.2, 0.25) is 0 Å². The highest BCUT2D eigenvalue weighted by Crippen LogP contribution is 2.19. The fraction of sp³-hybridized carbons (Fsp3) is 0.357. The first-order chi connectivity index (χ1) is 10.2. The summed E-state index contributed by atoms with van der Waals surface area (Å²) in [7, 11) is 0. The Labute approximate surface area is 122 Å². The molecule has 1 atom stereocenters. The first-order valence-corrected chi connectivity index (χ1v) is 6.75. The maximum atomic E-state index is 12.2. The zero-order valence-corrected chi connectivity index (χ0v) is 11.5. The quantitative estimate of drug-likeness (QED) is 0.848. The molecular weight excluding hydrogens is 270 g/mol. The van der Waals surface area contributed by atoms with Crippen molar-refractivity contribution >= 4 is 11.6 Å². The van der Waals surface area contributed by atoms with Crippen LogP contribution in [0.25, 0.3) is 0 Å². The number of anilines is 1. The highest BCUT2D eigenvalue weighted by Gasteiger charge is 2.38. The van der Waals surface area contributed by atoms with Gasteiger partial charge in [0.2, 0.25) is 5.91 Å². The second-order valence-corrected chi connectivity index (χ2v) is 5.21. The number of benzene rings is 1. The third-order valence-corrected chi connectivity index (χ3v) is 3.50. The Hall–Kier alpha value is -2.25. The van der Waals surface area contributed by atoms with Crippen LogP contribution in [0.1, 0.15) is 12.0 Å². The number of rotatable bonds is 4. The number of ether oxygens (including phenoxy) is 1. The number of amides is 1. The molecule has 0 bridgehead atoms. The second-order valence-electron chi connectivity index (χ2n) is 5.21. The summed E-state index contributed by atoms with van der Waals surface area (Å²) >= 11 is 0. The van der Waals surface area contributed by atoms with Crippen molar-refractivity contribution in [1.29, 1.82) is 0 Å². The van der Waals surface area contributed by atoms with Crippen molar-refractivity contribution in [2.75, 3.05) is 18.5 Å². The molecule has 21 heavy (non-hydrogen) atoms. The average molecular weight is 287 g/mol. The normalized spacial score (nSPS) is 21.4. The minimum atomic E-state index is -0.929. The zero-order valence-electron chi connectivity index (χ0n) is 11.5. The smallest absolute Gasteiger partial charge is 0.246 e. The van der Waals surface area contributed by atoms with E-state index < -0.39 is 5.54 Å². The van der Waals surface area contributed by atoms with Gasteiger partial charge < -0.3 is 15.8 Å². The predicted molar refractivity (Wildman–Crippen MR) is 76.6 cm³/mol. The maximum absolute atomic E-state index is 12.2. The van der Waals surface area contributed by atoms with Crippen molar-refractivity contribution in [3.8, 4) is 0 Å². The van der Waals surface area contributed by atoms with E-state index in [-0.39, 0.29) is 12.5 Å². The van der Waals surface area contributed by atoms with E-state index in [0.29, 0.717) is 25.3 Å². The van der Waals surface area contributed by atoms with Crippen molar-refractivity contribution < 1.29 is 9.53 Å². The van der Waals surface area contributed by atoms with Crippen LogP contribution in [0.15, 0.2) is 36.9 Å². The summed E-state index contributed by atoms with van der Waals surface area (Å²) in [5, 5.41) is 6.91. The summed E-state index contributed by atoms with van der Waals surface area (Å²) in [6.45, 7) is 1.38. The topological polar surface area (TPSA) is 95.1 Å². The predicted octanol–water partition coefficient (Wildman–Crippen LogP) is 0.383. The van der Waals surface area contributed by atoms with E-state index in [0.717, 1.165) is 5.56 Å². The third-order valence-electron chi connectivity index (χ3n) is 3.50. The van der Waals surface area contributed by atoms with Crippen LogP contribution in [-0.4, -0.2) is 39.4 Å². The van der Waals surface area contributed by atoms with Crippen molar-refractivity contribution in [3.63, 3.8) is 0 Å². The lowest BCUT2D eigenvalue weighted by Crippen LogP contribution is -2.51. The van der Waals surface area contributed by atoms with Gasteiger partial charge in [-0.2, -0.15) is 5.10 Å². The monoisotopic (exact) mass is 287 g/mol. The summed E-state index contributed by atoms with van der Waals surface area (Å²) in [6, 6.07) is 7.59. The summed E-state index contributed by atoms with van der Waals surface area (Å²) < 4.78 is 6.93. The molecule has 1 aliphatic heterocycles. The summed E-state index contributed by atoms with van der Waals surface area (Å²) in [5.41, 5.74) is 6.85. The highest BCUT2D eigenvalue weighted by atomic mass is 16.5. The van der Waals surface area contributed by atoms with Gasteiger partial charge in [0.25, 0.3) is 0 Å². The molecule has 1 amide bonds. The molecular formula is C14H17N5O2. The third kappa shape index (κ3) is 3.09.